The fourth-order valence-electron chi connectivity index (χ4n) is 3.97. The Morgan fingerprint density at radius 3 is 1.42 bits per heavy atom. The lowest BCUT2D eigenvalue weighted by atomic mass is 10.2. The largest absolute Gasteiger partial charge is 0.346 e. The normalized spacial score (nSPS) is 11.7. The van der Waals surface area contributed by atoms with Crippen LogP contribution in [0.15, 0.2) is 92.1 Å². The molecule has 0 amide bonds. The first-order valence-corrected chi connectivity index (χ1v) is 13.0. The summed E-state index contributed by atoms with van der Waals surface area (Å²) in [6.45, 7) is 4.10. The van der Waals surface area contributed by atoms with E-state index in [0.717, 1.165) is 33.5 Å². The second-order valence-corrected chi connectivity index (χ2v) is 9.80. The van der Waals surface area contributed by atoms with Crippen LogP contribution in [0.5, 0.6) is 0 Å². The van der Waals surface area contributed by atoms with Gasteiger partial charge in [-0.15, -0.1) is 43.1 Å². The van der Waals surface area contributed by atoms with Crippen molar-refractivity contribution in [3.8, 4) is 0 Å². The van der Waals surface area contributed by atoms with Gasteiger partial charge >= 0.3 is 0 Å². The maximum atomic E-state index is 4.35. The number of azo groups is 2. The lowest BCUT2D eigenvalue weighted by Crippen LogP contribution is -1.88. The number of benzene rings is 2. The molecule has 2 aromatic carbocycles. The van der Waals surface area contributed by atoms with E-state index in [4.69, 9.17) is 0 Å². The van der Waals surface area contributed by atoms with Crippen LogP contribution in [0.1, 0.15) is 11.4 Å². The molecule has 4 aromatic heterocycles. The van der Waals surface area contributed by atoms with Gasteiger partial charge in [0.15, 0.2) is 0 Å². The van der Waals surface area contributed by atoms with Crippen LogP contribution in [0.3, 0.4) is 0 Å². The Balaban J connectivity index is 0.000000148. The Morgan fingerprint density at radius 1 is 0.611 bits per heavy atom. The average Bonchev–Trinajstić information content (AvgIpc) is 3.70. The summed E-state index contributed by atoms with van der Waals surface area (Å²) in [5.41, 5.74) is 6.39. The number of nitrogens with zero attached hydrogens (tertiary/aromatic N) is 8. The van der Waals surface area contributed by atoms with Gasteiger partial charge in [0.1, 0.15) is 11.4 Å². The monoisotopic (exact) mass is 512 g/mol. The molecule has 180 valence electrons. The summed E-state index contributed by atoms with van der Waals surface area (Å²) >= 11 is 2.96. The summed E-state index contributed by atoms with van der Waals surface area (Å²) in [6, 6.07) is 16.4. The van der Waals surface area contributed by atoms with Gasteiger partial charge in [0.25, 0.3) is 0 Å². The third-order valence-corrected chi connectivity index (χ3v) is 7.35. The minimum absolute atomic E-state index is 0.683. The van der Waals surface area contributed by atoms with Gasteiger partial charge in [-0.2, -0.15) is 0 Å². The number of para-hydroxylation sites is 2. The second-order valence-electron chi connectivity index (χ2n) is 8.05. The molecule has 36 heavy (non-hydrogen) atoms. The first-order chi connectivity index (χ1) is 17.5. The Labute approximate surface area is 216 Å². The van der Waals surface area contributed by atoms with Crippen LogP contribution >= 0.6 is 22.7 Å². The van der Waals surface area contributed by atoms with Gasteiger partial charge in [-0.25, -0.2) is 9.97 Å². The molecule has 4 heterocycles. The predicted molar refractivity (Wildman–Crippen MR) is 148 cm³/mol. The van der Waals surface area contributed by atoms with Gasteiger partial charge < -0.3 is 9.13 Å². The van der Waals surface area contributed by atoms with Gasteiger partial charge in [-0.05, 0) is 26.0 Å². The van der Waals surface area contributed by atoms with Crippen molar-refractivity contribution in [2.45, 2.75) is 13.8 Å². The number of fused-ring (bicyclic) bond motifs is 2. The molecule has 10 heteroatoms. The van der Waals surface area contributed by atoms with Crippen molar-refractivity contribution < 1.29 is 0 Å². The van der Waals surface area contributed by atoms with Gasteiger partial charge in [-0.3, -0.25) is 0 Å². The summed E-state index contributed by atoms with van der Waals surface area (Å²) < 4.78 is 4.26. The molecule has 0 aliphatic heterocycles. The molecule has 0 spiro atoms. The van der Waals surface area contributed by atoms with Crippen molar-refractivity contribution in [3.05, 3.63) is 83.1 Å². The van der Waals surface area contributed by atoms with E-state index in [1.54, 1.807) is 12.4 Å². The second kappa shape index (κ2) is 10.3. The van der Waals surface area contributed by atoms with Crippen molar-refractivity contribution in [1.82, 2.24) is 19.1 Å². The van der Waals surface area contributed by atoms with E-state index in [9.17, 15) is 0 Å². The molecule has 0 aliphatic carbocycles. The number of hydrogen-bond acceptors (Lipinski definition) is 8. The first kappa shape index (κ1) is 23.7. The highest BCUT2D eigenvalue weighted by Gasteiger charge is 2.11. The fraction of sp³-hybridized carbons (Fsp3) is 0.154. The topological polar surface area (TPSA) is 85.1 Å². The molecule has 0 bridgehead atoms. The van der Waals surface area contributed by atoms with E-state index in [2.05, 4.69) is 77.7 Å². The maximum Gasteiger partial charge on any atom is 0.229 e. The fourth-order valence-corrected chi connectivity index (χ4v) is 4.88. The van der Waals surface area contributed by atoms with E-state index in [-0.39, 0.29) is 0 Å². The third kappa shape index (κ3) is 4.60. The molecule has 6 aromatic rings. The molecule has 0 radical (unpaired) electrons. The maximum absolute atomic E-state index is 4.35. The molecule has 0 aliphatic rings. The van der Waals surface area contributed by atoms with Crippen molar-refractivity contribution in [2.24, 2.45) is 34.6 Å². The predicted octanol–water partition coefficient (Wildman–Crippen LogP) is 8.72. The summed E-state index contributed by atoms with van der Waals surface area (Å²) in [4.78, 5) is 8.20. The summed E-state index contributed by atoms with van der Waals surface area (Å²) in [7, 11) is 4.08. The summed E-state index contributed by atoms with van der Waals surface area (Å²) in [6.07, 6.45) is 3.46. The van der Waals surface area contributed by atoms with Gasteiger partial charge in [0, 0.05) is 59.4 Å². The zero-order valence-electron chi connectivity index (χ0n) is 20.3. The first-order valence-electron chi connectivity index (χ1n) is 11.2. The zero-order valence-corrected chi connectivity index (χ0v) is 22.0. The van der Waals surface area contributed by atoms with Crippen LogP contribution in [0.4, 0.5) is 21.6 Å². The van der Waals surface area contributed by atoms with Crippen molar-refractivity contribution in [2.75, 3.05) is 0 Å². The molecular formula is C26H24N8S2. The molecule has 0 saturated heterocycles. The number of hydrogen-bond donors (Lipinski definition) is 0. The van der Waals surface area contributed by atoms with E-state index in [0.29, 0.717) is 10.3 Å². The lowest BCUT2D eigenvalue weighted by molar-refractivity contribution is 0.915. The Bertz CT molecular complexity index is 1550. The van der Waals surface area contributed by atoms with Gasteiger partial charge in [0.2, 0.25) is 10.3 Å². The van der Waals surface area contributed by atoms with Crippen LogP contribution in [-0.4, -0.2) is 19.1 Å². The molecule has 0 fully saturated rings. The molecular weight excluding hydrogens is 488 g/mol. The number of rotatable bonds is 4. The molecule has 0 unspecified atom stereocenters. The third-order valence-electron chi connectivity index (χ3n) is 6.04. The van der Waals surface area contributed by atoms with Crippen molar-refractivity contribution in [1.29, 1.82) is 0 Å². The molecule has 8 nitrogen and oxygen atoms in total. The zero-order chi connectivity index (χ0) is 25.1. The van der Waals surface area contributed by atoms with Crippen molar-refractivity contribution in [3.63, 3.8) is 0 Å². The Kier molecular flexibility index (Phi) is 6.79. The smallest absolute Gasteiger partial charge is 0.229 e. The van der Waals surface area contributed by atoms with E-state index in [1.165, 1.54) is 33.7 Å². The molecule has 0 saturated carbocycles. The standard InChI is InChI=1S/2C13H12N4S/c2*1-9-12(15-16-13-14-7-8-18-13)10-5-3-4-6-11(10)17(9)2/h2*3-8H,1-2H3. The van der Waals surface area contributed by atoms with E-state index in [1.807, 2.05) is 49.1 Å². The summed E-state index contributed by atoms with van der Waals surface area (Å²) in [5, 5.41) is 24.5. The number of aromatic nitrogens is 4. The molecule has 0 atom stereocenters. The minimum Gasteiger partial charge on any atom is -0.346 e. The Morgan fingerprint density at radius 2 is 1.03 bits per heavy atom. The van der Waals surface area contributed by atoms with Crippen LogP contribution in [0, 0.1) is 13.8 Å². The number of aryl methyl sites for hydroxylation is 2. The van der Waals surface area contributed by atoms with Crippen LogP contribution in [-0.2, 0) is 14.1 Å². The quantitative estimate of drug-likeness (QED) is 0.221. The molecule has 6 rings (SSSR count). The van der Waals surface area contributed by atoms with Crippen molar-refractivity contribution >= 4 is 66.1 Å². The van der Waals surface area contributed by atoms with E-state index >= 15 is 0 Å². The molecule has 0 N–H and O–H groups in total. The SMILES string of the molecule is Cc1c(N=Nc2nccs2)c2ccccc2n1C.Cc1c(N=Nc2nccs2)c2ccccc2n1C. The highest BCUT2D eigenvalue weighted by molar-refractivity contribution is 7.13. The highest BCUT2D eigenvalue weighted by atomic mass is 32.1. The van der Waals surface area contributed by atoms with Gasteiger partial charge in [-0.1, -0.05) is 36.4 Å². The minimum atomic E-state index is 0.683. The summed E-state index contributed by atoms with van der Waals surface area (Å²) in [5.74, 6) is 0. The van der Waals surface area contributed by atoms with Crippen LogP contribution < -0.4 is 0 Å². The number of thiazole rings is 2. The highest BCUT2D eigenvalue weighted by Crippen LogP contribution is 2.34. The van der Waals surface area contributed by atoms with Crippen LogP contribution in [0.25, 0.3) is 21.8 Å². The van der Waals surface area contributed by atoms with Gasteiger partial charge in [0.05, 0.1) is 11.0 Å². The average molecular weight is 513 g/mol. The van der Waals surface area contributed by atoms with E-state index < -0.39 is 0 Å². The van der Waals surface area contributed by atoms with Crippen LogP contribution in [0.2, 0.25) is 0 Å². The Hall–Kier alpha value is -4.02. The lowest BCUT2D eigenvalue weighted by Gasteiger charge is -1.96.